The molecule has 0 bridgehead atoms. The van der Waals surface area contributed by atoms with Gasteiger partial charge in [-0.3, -0.25) is 0 Å². The summed E-state index contributed by atoms with van der Waals surface area (Å²) >= 11 is 1.99. The first kappa shape index (κ1) is 9.10. The number of thioether (sulfide) groups is 1. The molecule has 0 radical (unpaired) electrons. The first-order valence-corrected chi connectivity index (χ1v) is 5.85. The lowest BCUT2D eigenvalue weighted by Crippen LogP contribution is -2.11. The molecule has 0 spiro atoms. The number of nitrogens with two attached hydrogens (primary N) is 1. The maximum atomic E-state index is 6.10. The first-order valence-electron chi connectivity index (χ1n) is 4.70. The van der Waals surface area contributed by atoms with Crippen molar-refractivity contribution in [3.05, 3.63) is 34.9 Å². The Bertz CT molecular complexity index is 309. The minimum atomic E-state index is 0.255. The molecule has 1 heterocycles. The fraction of sp³-hybridized carbons (Fsp3) is 0.455. The average molecular weight is 193 g/mol. The lowest BCUT2D eigenvalue weighted by molar-refractivity contribution is 0.705. The highest BCUT2D eigenvalue weighted by atomic mass is 32.2. The van der Waals surface area contributed by atoms with E-state index in [1.807, 2.05) is 11.8 Å². The van der Waals surface area contributed by atoms with Crippen molar-refractivity contribution in [2.24, 2.45) is 5.73 Å². The Labute approximate surface area is 83.7 Å². The molecule has 13 heavy (non-hydrogen) atoms. The highest BCUT2D eigenvalue weighted by Gasteiger charge is 2.14. The SMILES string of the molecule is Cc1ccc2c(c1)[C@@H](N)CCSC2. The van der Waals surface area contributed by atoms with E-state index in [1.165, 1.54) is 22.4 Å². The summed E-state index contributed by atoms with van der Waals surface area (Å²) in [5.74, 6) is 2.32. The summed E-state index contributed by atoms with van der Waals surface area (Å²) in [5.41, 5.74) is 10.2. The molecule has 2 rings (SSSR count). The zero-order valence-electron chi connectivity index (χ0n) is 7.92. The van der Waals surface area contributed by atoms with E-state index in [1.54, 1.807) is 0 Å². The van der Waals surface area contributed by atoms with E-state index in [-0.39, 0.29) is 6.04 Å². The Morgan fingerprint density at radius 3 is 3.15 bits per heavy atom. The highest BCUT2D eigenvalue weighted by Crippen LogP contribution is 2.29. The molecule has 2 N–H and O–H groups in total. The smallest absolute Gasteiger partial charge is 0.0305 e. The molecule has 1 aromatic carbocycles. The van der Waals surface area contributed by atoms with Gasteiger partial charge in [-0.25, -0.2) is 0 Å². The number of hydrogen-bond donors (Lipinski definition) is 1. The van der Waals surface area contributed by atoms with Crippen molar-refractivity contribution >= 4 is 11.8 Å². The van der Waals surface area contributed by atoms with Crippen LogP contribution in [-0.2, 0) is 5.75 Å². The van der Waals surface area contributed by atoms with Crippen molar-refractivity contribution in [1.29, 1.82) is 0 Å². The quantitative estimate of drug-likeness (QED) is 0.685. The normalized spacial score (nSPS) is 22.2. The Kier molecular flexibility index (Phi) is 2.61. The van der Waals surface area contributed by atoms with Crippen molar-refractivity contribution in [2.45, 2.75) is 25.1 Å². The highest BCUT2D eigenvalue weighted by molar-refractivity contribution is 7.98. The van der Waals surface area contributed by atoms with Crippen molar-refractivity contribution < 1.29 is 0 Å². The molecule has 1 nitrogen and oxygen atoms in total. The molecule has 0 amide bonds. The van der Waals surface area contributed by atoms with E-state index >= 15 is 0 Å². The lowest BCUT2D eigenvalue weighted by atomic mass is 9.98. The van der Waals surface area contributed by atoms with Crippen molar-refractivity contribution in [3.8, 4) is 0 Å². The molecule has 0 fully saturated rings. The summed E-state index contributed by atoms with van der Waals surface area (Å²) in [5, 5.41) is 0. The molecule has 0 saturated carbocycles. The van der Waals surface area contributed by atoms with Gasteiger partial charge in [0.1, 0.15) is 0 Å². The summed E-state index contributed by atoms with van der Waals surface area (Å²) in [6, 6.07) is 6.90. The van der Waals surface area contributed by atoms with Crippen molar-refractivity contribution in [3.63, 3.8) is 0 Å². The number of rotatable bonds is 0. The third kappa shape index (κ3) is 1.89. The van der Waals surface area contributed by atoms with Gasteiger partial charge in [0.2, 0.25) is 0 Å². The van der Waals surface area contributed by atoms with Crippen LogP contribution in [0.5, 0.6) is 0 Å². The van der Waals surface area contributed by atoms with Gasteiger partial charge in [-0.15, -0.1) is 0 Å². The second-order valence-electron chi connectivity index (χ2n) is 3.65. The van der Waals surface area contributed by atoms with Crippen LogP contribution in [0.25, 0.3) is 0 Å². The minimum Gasteiger partial charge on any atom is -0.324 e. The van der Waals surface area contributed by atoms with Crippen LogP contribution in [0.4, 0.5) is 0 Å². The van der Waals surface area contributed by atoms with Crippen LogP contribution >= 0.6 is 11.8 Å². The number of benzene rings is 1. The molecule has 0 aliphatic carbocycles. The van der Waals surface area contributed by atoms with E-state index in [2.05, 4.69) is 25.1 Å². The standard InChI is InChI=1S/C11H15NS/c1-8-2-3-9-7-13-5-4-11(12)10(9)6-8/h2-3,6,11H,4-5,7,12H2,1H3/t11-/m0/s1. The number of aryl methyl sites for hydroxylation is 1. The van der Waals surface area contributed by atoms with Crippen molar-refractivity contribution in [1.82, 2.24) is 0 Å². The third-order valence-corrected chi connectivity index (χ3v) is 3.57. The summed E-state index contributed by atoms with van der Waals surface area (Å²) in [6.07, 6.45) is 1.11. The van der Waals surface area contributed by atoms with E-state index in [9.17, 15) is 0 Å². The summed E-state index contributed by atoms with van der Waals surface area (Å²) in [4.78, 5) is 0. The van der Waals surface area contributed by atoms with E-state index < -0.39 is 0 Å². The molecular weight excluding hydrogens is 178 g/mol. The Morgan fingerprint density at radius 1 is 1.46 bits per heavy atom. The molecule has 70 valence electrons. The minimum absolute atomic E-state index is 0.255. The van der Waals surface area contributed by atoms with E-state index in [4.69, 9.17) is 5.73 Å². The van der Waals surface area contributed by atoms with Crippen LogP contribution in [0.1, 0.15) is 29.2 Å². The van der Waals surface area contributed by atoms with Gasteiger partial charge >= 0.3 is 0 Å². The predicted octanol–water partition coefficient (Wildman–Crippen LogP) is 2.63. The summed E-state index contributed by atoms with van der Waals surface area (Å²) in [7, 11) is 0. The molecule has 0 aromatic heterocycles. The van der Waals surface area contributed by atoms with Gasteiger partial charge in [-0.1, -0.05) is 23.8 Å². The molecule has 1 aliphatic rings. The predicted molar refractivity (Wildman–Crippen MR) is 58.9 cm³/mol. The topological polar surface area (TPSA) is 26.0 Å². The van der Waals surface area contributed by atoms with Crippen LogP contribution in [0.15, 0.2) is 18.2 Å². The van der Waals surface area contributed by atoms with Crippen LogP contribution in [-0.4, -0.2) is 5.75 Å². The second-order valence-corrected chi connectivity index (χ2v) is 4.76. The second kappa shape index (κ2) is 3.72. The van der Waals surface area contributed by atoms with Crippen LogP contribution in [0.3, 0.4) is 0 Å². The fourth-order valence-electron chi connectivity index (χ4n) is 1.74. The average Bonchev–Trinajstić information content (AvgIpc) is 2.29. The number of fused-ring (bicyclic) bond motifs is 1. The van der Waals surface area contributed by atoms with E-state index in [0.29, 0.717) is 0 Å². The Morgan fingerprint density at radius 2 is 2.31 bits per heavy atom. The van der Waals surface area contributed by atoms with Gasteiger partial charge < -0.3 is 5.73 Å². The largest absolute Gasteiger partial charge is 0.324 e. The molecular formula is C11H15NS. The molecule has 1 aromatic rings. The number of hydrogen-bond acceptors (Lipinski definition) is 2. The van der Waals surface area contributed by atoms with Crippen LogP contribution in [0, 0.1) is 6.92 Å². The van der Waals surface area contributed by atoms with Gasteiger partial charge in [0.15, 0.2) is 0 Å². The molecule has 0 saturated heterocycles. The van der Waals surface area contributed by atoms with Gasteiger partial charge in [-0.05, 0) is 30.2 Å². The molecule has 1 aliphatic heterocycles. The van der Waals surface area contributed by atoms with E-state index in [0.717, 1.165) is 12.2 Å². The van der Waals surface area contributed by atoms with Gasteiger partial charge in [-0.2, -0.15) is 11.8 Å². The third-order valence-electron chi connectivity index (χ3n) is 2.53. The van der Waals surface area contributed by atoms with Crippen molar-refractivity contribution in [2.75, 3.05) is 5.75 Å². The van der Waals surface area contributed by atoms with Crippen LogP contribution in [0.2, 0.25) is 0 Å². The maximum Gasteiger partial charge on any atom is 0.0305 e. The zero-order valence-corrected chi connectivity index (χ0v) is 8.73. The lowest BCUT2D eigenvalue weighted by Gasteiger charge is -2.12. The molecule has 2 heteroatoms. The first-order chi connectivity index (χ1) is 6.27. The Balaban J connectivity index is 2.43. The summed E-state index contributed by atoms with van der Waals surface area (Å²) < 4.78 is 0. The van der Waals surface area contributed by atoms with Gasteiger partial charge in [0.05, 0.1) is 0 Å². The fourth-order valence-corrected chi connectivity index (χ4v) is 2.79. The maximum absolute atomic E-state index is 6.10. The zero-order chi connectivity index (χ0) is 9.26. The monoisotopic (exact) mass is 193 g/mol. The van der Waals surface area contributed by atoms with Gasteiger partial charge in [0, 0.05) is 11.8 Å². The van der Waals surface area contributed by atoms with Crippen LogP contribution < -0.4 is 5.73 Å². The molecule has 1 atom stereocenters. The molecule has 0 unspecified atom stereocenters. The Hall–Kier alpha value is -0.470. The van der Waals surface area contributed by atoms with Gasteiger partial charge in [0.25, 0.3) is 0 Å². The summed E-state index contributed by atoms with van der Waals surface area (Å²) in [6.45, 7) is 2.13.